The summed E-state index contributed by atoms with van der Waals surface area (Å²) in [6.07, 6.45) is 3.04. The molecule has 0 bridgehead atoms. The molecule has 1 saturated heterocycles. The Labute approximate surface area is 123 Å². The fraction of sp³-hybridized carbons (Fsp3) is 0.688. The Hall–Kier alpha value is -0.970. The van der Waals surface area contributed by atoms with Crippen LogP contribution in [-0.2, 0) is 13.0 Å². The number of aryl methyl sites for hydroxylation is 1. The lowest BCUT2D eigenvalue weighted by Crippen LogP contribution is -2.53. The van der Waals surface area contributed by atoms with Gasteiger partial charge in [-0.05, 0) is 31.9 Å². The molecule has 4 heteroatoms. The lowest BCUT2D eigenvalue weighted by Gasteiger charge is -2.35. The maximum Gasteiger partial charge on any atom is 0.0542 e. The fourth-order valence-electron chi connectivity index (χ4n) is 2.58. The largest absolute Gasteiger partial charge is 0.314 e. The van der Waals surface area contributed by atoms with Gasteiger partial charge in [-0.1, -0.05) is 13.0 Å². The number of hydrogen-bond donors (Lipinski definition) is 2. The SMILES string of the molecule is CCc1ccc(CNC(C)(C)CN2CCNCC2)nc1. The first-order valence-electron chi connectivity index (χ1n) is 7.71. The van der Waals surface area contributed by atoms with Gasteiger partial charge in [0.15, 0.2) is 0 Å². The molecule has 1 aliphatic heterocycles. The molecule has 0 atom stereocenters. The smallest absolute Gasteiger partial charge is 0.0542 e. The van der Waals surface area contributed by atoms with Crippen molar-refractivity contribution in [2.45, 2.75) is 39.3 Å². The summed E-state index contributed by atoms with van der Waals surface area (Å²) in [5.74, 6) is 0. The van der Waals surface area contributed by atoms with Crippen molar-refractivity contribution in [1.29, 1.82) is 0 Å². The van der Waals surface area contributed by atoms with Crippen LogP contribution < -0.4 is 10.6 Å². The molecule has 1 aromatic rings. The van der Waals surface area contributed by atoms with Crippen molar-refractivity contribution in [2.75, 3.05) is 32.7 Å². The van der Waals surface area contributed by atoms with Gasteiger partial charge in [0.05, 0.1) is 5.69 Å². The van der Waals surface area contributed by atoms with E-state index in [2.05, 4.69) is 53.4 Å². The van der Waals surface area contributed by atoms with Crippen molar-refractivity contribution in [1.82, 2.24) is 20.5 Å². The van der Waals surface area contributed by atoms with Gasteiger partial charge in [0.2, 0.25) is 0 Å². The van der Waals surface area contributed by atoms with E-state index in [1.165, 1.54) is 5.56 Å². The standard InChI is InChI=1S/C16H28N4/c1-4-14-5-6-15(18-11-14)12-19-16(2,3)13-20-9-7-17-8-10-20/h5-6,11,17,19H,4,7-10,12-13H2,1-3H3. The van der Waals surface area contributed by atoms with Gasteiger partial charge < -0.3 is 10.6 Å². The van der Waals surface area contributed by atoms with Crippen LogP contribution in [0.1, 0.15) is 32.0 Å². The van der Waals surface area contributed by atoms with Crippen LogP contribution in [0.4, 0.5) is 0 Å². The Bertz CT molecular complexity index is 393. The van der Waals surface area contributed by atoms with Crippen LogP contribution in [0.25, 0.3) is 0 Å². The number of hydrogen-bond acceptors (Lipinski definition) is 4. The zero-order chi connectivity index (χ0) is 14.4. The number of aromatic nitrogens is 1. The van der Waals surface area contributed by atoms with E-state index in [1.807, 2.05) is 6.20 Å². The molecule has 0 aliphatic carbocycles. The molecule has 2 rings (SSSR count). The lowest BCUT2D eigenvalue weighted by molar-refractivity contribution is 0.180. The highest BCUT2D eigenvalue weighted by Crippen LogP contribution is 2.09. The second kappa shape index (κ2) is 7.16. The van der Waals surface area contributed by atoms with Crippen LogP contribution in [-0.4, -0.2) is 48.1 Å². The molecule has 0 radical (unpaired) electrons. The number of pyridine rings is 1. The van der Waals surface area contributed by atoms with E-state index in [4.69, 9.17) is 0 Å². The van der Waals surface area contributed by atoms with Crippen molar-refractivity contribution in [3.05, 3.63) is 29.6 Å². The quantitative estimate of drug-likeness (QED) is 0.824. The second-order valence-electron chi connectivity index (χ2n) is 6.27. The van der Waals surface area contributed by atoms with Crippen LogP contribution in [0.15, 0.2) is 18.3 Å². The molecule has 0 spiro atoms. The Morgan fingerprint density at radius 1 is 1.30 bits per heavy atom. The summed E-state index contributed by atoms with van der Waals surface area (Å²) in [7, 11) is 0. The zero-order valence-corrected chi connectivity index (χ0v) is 13.1. The summed E-state index contributed by atoms with van der Waals surface area (Å²) in [5, 5.41) is 7.03. The van der Waals surface area contributed by atoms with Gasteiger partial charge in [-0.15, -0.1) is 0 Å². The molecule has 1 aliphatic rings. The summed E-state index contributed by atoms with van der Waals surface area (Å²) in [4.78, 5) is 7.04. The lowest BCUT2D eigenvalue weighted by atomic mass is 10.0. The summed E-state index contributed by atoms with van der Waals surface area (Å²) < 4.78 is 0. The summed E-state index contributed by atoms with van der Waals surface area (Å²) in [6.45, 7) is 13.1. The van der Waals surface area contributed by atoms with Gasteiger partial charge in [0, 0.05) is 51.0 Å². The van der Waals surface area contributed by atoms with Crippen LogP contribution in [0.3, 0.4) is 0 Å². The van der Waals surface area contributed by atoms with Crippen molar-refractivity contribution >= 4 is 0 Å². The van der Waals surface area contributed by atoms with Gasteiger partial charge in [0.1, 0.15) is 0 Å². The van der Waals surface area contributed by atoms with E-state index in [1.54, 1.807) is 0 Å². The highest BCUT2D eigenvalue weighted by molar-refractivity contribution is 5.14. The molecule has 0 amide bonds. The number of piperazine rings is 1. The van der Waals surface area contributed by atoms with E-state index in [-0.39, 0.29) is 5.54 Å². The van der Waals surface area contributed by atoms with Crippen molar-refractivity contribution in [3.8, 4) is 0 Å². The second-order valence-corrected chi connectivity index (χ2v) is 6.27. The molecular weight excluding hydrogens is 248 g/mol. The minimum absolute atomic E-state index is 0.114. The van der Waals surface area contributed by atoms with Gasteiger partial charge in [0.25, 0.3) is 0 Å². The van der Waals surface area contributed by atoms with Crippen LogP contribution >= 0.6 is 0 Å². The first-order chi connectivity index (χ1) is 9.59. The molecule has 2 N–H and O–H groups in total. The molecular formula is C16H28N4. The van der Waals surface area contributed by atoms with Gasteiger partial charge >= 0.3 is 0 Å². The molecule has 0 unspecified atom stereocenters. The first-order valence-corrected chi connectivity index (χ1v) is 7.71. The van der Waals surface area contributed by atoms with Crippen molar-refractivity contribution in [3.63, 3.8) is 0 Å². The van der Waals surface area contributed by atoms with E-state index in [0.29, 0.717) is 0 Å². The summed E-state index contributed by atoms with van der Waals surface area (Å²) in [5.41, 5.74) is 2.53. The summed E-state index contributed by atoms with van der Waals surface area (Å²) in [6, 6.07) is 4.31. The van der Waals surface area contributed by atoms with Crippen molar-refractivity contribution in [2.24, 2.45) is 0 Å². The third kappa shape index (κ3) is 4.85. The molecule has 1 fully saturated rings. The van der Waals surface area contributed by atoms with Gasteiger partial charge in [-0.2, -0.15) is 0 Å². The average molecular weight is 276 g/mol. The molecule has 4 nitrogen and oxygen atoms in total. The minimum Gasteiger partial charge on any atom is -0.314 e. The third-order valence-electron chi connectivity index (χ3n) is 3.87. The van der Waals surface area contributed by atoms with Gasteiger partial charge in [-0.25, -0.2) is 0 Å². The fourth-order valence-corrected chi connectivity index (χ4v) is 2.58. The van der Waals surface area contributed by atoms with E-state index < -0.39 is 0 Å². The molecule has 1 aromatic heterocycles. The number of rotatable bonds is 6. The Balaban J connectivity index is 1.80. The molecule has 112 valence electrons. The Kier molecular flexibility index (Phi) is 5.52. The van der Waals surface area contributed by atoms with E-state index >= 15 is 0 Å². The molecule has 0 saturated carbocycles. The zero-order valence-electron chi connectivity index (χ0n) is 13.1. The average Bonchev–Trinajstić information content (AvgIpc) is 2.46. The Morgan fingerprint density at radius 3 is 2.65 bits per heavy atom. The highest BCUT2D eigenvalue weighted by Gasteiger charge is 2.22. The maximum atomic E-state index is 4.51. The molecule has 2 heterocycles. The third-order valence-corrected chi connectivity index (χ3v) is 3.87. The van der Waals surface area contributed by atoms with E-state index in [9.17, 15) is 0 Å². The minimum atomic E-state index is 0.114. The maximum absolute atomic E-state index is 4.51. The molecule has 20 heavy (non-hydrogen) atoms. The number of nitrogens with zero attached hydrogens (tertiary/aromatic N) is 2. The molecule has 0 aromatic carbocycles. The van der Waals surface area contributed by atoms with Crippen LogP contribution in [0.5, 0.6) is 0 Å². The predicted molar refractivity (Wildman–Crippen MR) is 83.8 cm³/mol. The predicted octanol–water partition coefficient (Wildman–Crippen LogP) is 1.42. The van der Waals surface area contributed by atoms with E-state index in [0.717, 1.165) is 51.4 Å². The summed E-state index contributed by atoms with van der Waals surface area (Å²) >= 11 is 0. The topological polar surface area (TPSA) is 40.2 Å². The normalized spacial score (nSPS) is 17.4. The van der Waals surface area contributed by atoms with Gasteiger partial charge in [-0.3, -0.25) is 9.88 Å². The Morgan fingerprint density at radius 2 is 2.05 bits per heavy atom. The first kappa shape index (κ1) is 15.4. The van der Waals surface area contributed by atoms with Crippen LogP contribution in [0.2, 0.25) is 0 Å². The number of nitrogens with one attached hydrogen (secondary N) is 2. The van der Waals surface area contributed by atoms with Crippen molar-refractivity contribution < 1.29 is 0 Å². The highest BCUT2D eigenvalue weighted by atomic mass is 15.2. The van der Waals surface area contributed by atoms with Crippen LogP contribution in [0, 0.1) is 0 Å². The monoisotopic (exact) mass is 276 g/mol.